The van der Waals surface area contributed by atoms with Crippen molar-refractivity contribution in [2.45, 2.75) is 5.16 Å². The van der Waals surface area contributed by atoms with E-state index in [9.17, 15) is 18.8 Å². The highest BCUT2D eigenvalue weighted by Gasteiger charge is 2.14. The Morgan fingerprint density at radius 2 is 2.04 bits per heavy atom. The number of hydrogen-bond donors (Lipinski definition) is 3. The van der Waals surface area contributed by atoms with Crippen LogP contribution in [0.3, 0.4) is 0 Å². The highest BCUT2D eigenvalue weighted by atomic mass is 32.2. The Kier molecular flexibility index (Phi) is 5.53. The van der Waals surface area contributed by atoms with Crippen LogP contribution in [0.2, 0.25) is 0 Å². The summed E-state index contributed by atoms with van der Waals surface area (Å²) < 4.78 is 17.3. The van der Waals surface area contributed by atoms with Crippen molar-refractivity contribution in [1.82, 2.24) is 9.97 Å². The van der Waals surface area contributed by atoms with Gasteiger partial charge < -0.3 is 15.8 Å². The Bertz CT molecular complexity index is 823. The number of nitrogens with one attached hydrogen (secondary N) is 2. The third-order valence-corrected chi connectivity index (χ3v) is 3.67. The predicted octanol–water partition coefficient (Wildman–Crippen LogP) is 1.01. The van der Waals surface area contributed by atoms with E-state index < -0.39 is 23.3 Å². The van der Waals surface area contributed by atoms with Gasteiger partial charge in [0, 0.05) is 5.56 Å². The number of H-pyrrole nitrogens is 1. The van der Waals surface area contributed by atoms with Crippen molar-refractivity contribution in [3.63, 3.8) is 0 Å². The predicted molar refractivity (Wildman–Crippen MR) is 86.4 cm³/mol. The zero-order valence-electron chi connectivity index (χ0n) is 12.5. The van der Waals surface area contributed by atoms with E-state index >= 15 is 0 Å². The number of hydrogen-bond acceptors (Lipinski definition) is 7. The number of halogens is 1. The molecule has 126 valence electrons. The number of carbonyl (C=O) groups is 2. The van der Waals surface area contributed by atoms with Gasteiger partial charge in [0.05, 0.1) is 12.9 Å². The molecule has 0 unspecified atom stereocenters. The quantitative estimate of drug-likeness (QED) is 0.416. The standard InChI is InChI=1S/C14H13FN4O4S/c1-23-9(20)6-24-14-18-11(16)10(13(22)19-14)17-12(21)7-2-4-8(15)5-3-7/h2-5H,6H2,1H3,(H,17,21)(H3,16,18,19,22). The topological polar surface area (TPSA) is 127 Å². The Morgan fingerprint density at radius 3 is 2.62 bits per heavy atom. The third-order valence-electron chi connectivity index (χ3n) is 2.83. The summed E-state index contributed by atoms with van der Waals surface area (Å²) in [5, 5.41) is 2.44. The molecule has 0 saturated carbocycles. The molecular weight excluding hydrogens is 339 g/mol. The minimum Gasteiger partial charge on any atom is -0.468 e. The number of ether oxygens (including phenoxy) is 1. The number of esters is 1. The SMILES string of the molecule is COC(=O)CSc1nc(N)c(NC(=O)c2ccc(F)cc2)c(=O)[nH]1. The van der Waals surface area contributed by atoms with Crippen LogP contribution in [0, 0.1) is 5.82 Å². The number of nitrogens with zero attached hydrogens (tertiary/aromatic N) is 1. The number of carbonyl (C=O) groups excluding carboxylic acids is 2. The largest absolute Gasteiger partial charge is 0.468 e. The molecule has 4 N–H and O–H groups in total. The fourth-order valence-electron chi connectivity index (χ4n) is 1.63. The fourth-order valence-corrected chi connectivity index (χ4v) is 2.33. The lowest BCUT2D eigenvalue weighted by Crippen LogP contribution is -2.23. The molecule has 1 aromatic heterocycles. The summed E-state index contributed by atoms with van der Waals surface area (Å²) in [6, 6.07) is 4.77. The molecule has 0 aliphatic carbocycles. The summed E-state index contributed by atoms with van der Waals surface area (Å²) in [4.78, 5) is 41.4. The first-order chi connectivity index (χ1) is 11.4. The maximum absolute atomic E-state index is 12.9. The van der Waals surface area contributed by atoms with Crippen LogP contribution in [0.4, 0.5) is 15.9 Å². The van der Waals surface area contributed by atoms with Crippen molar-refractivity contribution in [2.75, 3.05) is 23.9 Å². The molecule has 2 rings (SSSR count). The van der Waals surface area contributed by atoms with Crippen molar-refractivity contribution in [3.8, 4) is 0 Å². The van der Waals surface area contributed by atoms with Gasteiger partial charge in [-0.1, -0.05) is 11.8 Å². The lowest BCUT2D eigenvalue weighted by Gasteiger charge is -2.08. The number of nitrogen functional groups attached to an aromatic ring is 1. The second-order valence-electron chi connectivity index (χ2n) is 4.46. The van der Waals surface area contributed by atoms with Gasteiger partial charge in [-0.05, 0) is 24.3 Å². The Hall–Kier alpha value is -2.88. The number of rotatable bonds is 5. The van der Waals surface area contributed by atoms with Crippen molar-refractivity contribution in [1.29, 1.82) is 0 Å². The smallest absolute Gasteiger partial charge is 0.316 e. The van der Waals surface area contributed by atoms with Crippen LogP contribution >= 0.6 is 11.8 Å². The molecule has 0 aliphatic heterocycles. The Balaban J connectivity index is 2.16. The van der Waals surface area contributed by atoms with Crippen LogP contribution in [0.25, 0.3) is 0 Å². The van der Waals surface area contributed by atoms with E-state index in [0.29, 0.717) is 0 Å². The van der Waals surface area contributed by atoms with E-state index in [1.54, 1.807) is 0 Å². The molecule has 0 aliphatic rings. The Labute approximate surface area is 139 Å². The summed E-state index contributed by atoms with van der Waals surface area (Å²) in [6.45, 7) is 0. The maximum atomic E-state index is 12.9. The molecule has 8 nitrogen and oxygen atoms in total. The van der Waals surface area contributed by atoms with Crippen LogP contribution in [-0.2, 0) is 9.53 Å². The highest BCUT2D eigenvalue weighted by Crippen LogP contribution is 2.17. The molecule has 0 bridgehead atoms. The molecule has 0 radical (unpaired) electrons. The molecule has 1 heterocycles. The summed E-state index contributed by atoms with van der Waals surface area (Å²) in [7, 11) is 1.24. The monoisotopic (exact) mass is 352 g/mol. The summed E-state index contributed by atoms with van der Waals surface area (Å²) in [6.07, 6.45) is 0. The summed E-state index contributed by atoms with van der Waals surface area (Å²) in [5.74, 6) is -1.88. The number of anilines is 2. The van der Waals surface area contributed by atoms with Crippen molar-refractivity contribution in [2.24, 2.45) is 0 Å². The highest BCUT2D eigenvalue weighted by molar-refractivity contribution is 7.99. The van der Waals surface area contributed by atoms with Gasteiger partial charge in [0.25, 0.3) is 11.5 Å². The van der Waals surface area contributed by atoms with E-state index in [2.05, 4.69) is 20.0 Å². The summed E-state index contributed by atoms with van der Waals surface area (Å²) in [5.41, 5.74) is 4.92. The van der Waals surface area contributed by atoms with Gasteiger partial charge in [0.15, 0.2) is 11.0 Å². The van der Waals surface area contributed by atoms with E-state index in [1.165, 1.54) is 19.2 Å². The van der Waals surface area contributed by atoms with Gasteiger partial charge in [0.2, 0.25) is 0 Å². The molecule has 1 aromatic carbocycles. The molecule has 0 spiro atoms. The minimum atomic E-state index is -0.676. The van der Waals surface area contributed by atoms with E-state index in [1.807, 2.05) is 0 Å². The number of benzene rings is 1. The molecule has 10 heteroatoms. The number of amides is 1. The van der Waals surface area contributed by atoms with Crippen molar-refractivity contribution in [3.05, 3.63) is 46.0 Å². The second kappa shape index (κ2) is 7.59. The van der Waals surface area contributed by atoms with E-state index in [-0.39, 0.29) is 28.0 Å². The number of aromatic amines is 1. The van der Waals surface area contributed by atoms with Gasteiger partial charge in [-0.15, -0.1) is 0 Å². The van der Waals surface area contributed by atoms with Crippen LogP contribution < -0.4 is 16.6 Å². The molecule has 0 saturated heterocycles. The third kappa shape index (κ3) is 4.32. The first kappa shape index (κ1) is 17.5. The summed E-state index contributed by atoms with van der Waals surface area (Å²) >= 11 is 0.931. The average molecular weight is 352 g/mol. The number of nitrogens with two attached hydrogens (primary N) is 1. The van der Waals surface area contributed by atoms with Gasteiger partial charge in [-0.3, -0.25) is 19.4 Å². The van der Waals surface area contributed by atoms with Gasteiger partial charge in [-0.25, -0.2) is 9.37 Å². The van der Waals surface area contributed by atoms with E-state index in [0.717, 1.165) is 23.9 Å². The molecular formula is C14H13FN4O4S. The fraction of sp³-hybridized carbons (Fsp3) is 0.143. The first-order valence-corrected chi connectivity index (χ1v) is 7.55. The van der Waals surface area contributed by atoms with Gasteiger partial charge in [0.1, 0.15) is 11.5 Å². The number of methoxy groups -OCH3 is 1. The number of thioether (sulfide) groups is 1. The van der Waals surface area contributed by atoms with Crippen LogP contribution in [-0.4, -0.2) is 34.7 Å². The zero-order valence-corrected chi connectivity index (χ0v) is 13.3. The van der Waals surface area contributed by atoms with E-state index in [4.69, 9.17) is 5.73 Å². The van der Waals surface area contributed by atoms with Crippen LogP contribution in [0.15, 0.2) is 34.2 Å². The van der Waals surface area contributed by atoms with Crippen molar-refractivity contribution >= 4 is 35.1 Å². The van der Waals surface area contributed by atoms with Crippen LogP contribution in [0.5, 0.6) is 0 Å². The lowest BCUT2D eigenvalue weighted by atomic mass is 10.2. The Morgan fingerprint density at radius 1 is 1.38 bits per heavy atom. The average Bonchev–Trinajstić information content (AvgIpc) is 2.56. The van der Waals surface area contributed by atoms with Gasteiger partial charge >= 0.3 is 5.97 Å². The lowest BCUT2D eigenvalue weighted by molar-refractivity contribution is -0.137. The molecule has 0 atom stereocenters. The normalized spacial score (nSPS) is 10.2. The molecule has 1 amide bonds. The minimum absolute atomic E-state index is 0.0554. The van der Waals surface area contributed by atoms with Crippen LogP contribution in [0.1, 0.15) is 10.4 Å². The zero-order chi connectivity index (χ0) is 17.7. The van der Waals surface area contributed by atoms with Crippen molar-refractivity contribution < 1.29 is 18.7 Å². The second-order valence-corrected chi connectivity index (χ2v) is 5.42. The maximum Gasteiger partial charge on any atom is 0.316 e. The number of aromatic nitrogens is 2. The van der Waals surface area contributed by atoms with Gasteiger partial charge in [-0.2, -0.15) is 0 Å². The molecule has 24 heavy (non-hydrogen) atoms. The molecule has 2 aromatic rings. The first-order valence-electron chi connectivity index (χ1n) is 6.57. The molecule has 0 fully saturated rings.